The maximum absolute atomic E-state index is 12.1. The fourth-order valence-electron chi connectivity index (χ4n) is 1.79. The predicted molar refractivity (Wildman–Crippen MR) is 85.2 cm³/mol. The summed E-state index contributed by atoms with van der Waals surface area (Å²) in [5.41, 5.74) is 0.319. The van der Waals surface area contributed by atoms with Crippen molar-refractivity contribution in [2.45, 2.75) is 0 Å². The number of methoxy groups -OCH3 is 1. The molecule has 5 nitrogen and oxygen atoms in total. The summed E-state index contributed by atoms with van der Waals surface area (Å²) in [5.74, 6) is -1.32. The quantitative estimate of drug-likeness (QED) is 0.600. The first kappa shape index (κ1) is 17.1. The average Bonchev–Trinajstić information content (AvgIpc) is 2.57. The van der Waals surface area contributed by atoms with E-state index in [0.717, 1.165) is 0 Å². The lowest BCUT2D eigenvalue weighted by atomic mass is 10.2. The van der Waals surface area contributed by atoms with Crippen LogP contribution in [0.5, 0.6) is 5.75 Å². The molecule has 0 saturated heterocycles. The highest BCUT2D eigenvalue weighted by molar-refractivity contribution is 6.37. The lowest BCUT2D eigenvalue weighted by molar-refractivity contribution is -0.0168. The van der Waals surface area contributed by atoms with Gasteiger partial charge in [-0.3, -0.25) is 0 Å². The van der Waals surface area contributed by atoms with E-state index in [1.165, 1.54) is 19.2 Å². The van der Waals surface area contributed by atoms with Gasteiger partial charge in [-0.1, -0.05) is 41.4 Å². The van der Waals surface area contributed by atoms with Crippen LogP contribution in [0.3, 0.4) is 0 Å². The van der Waals surface area contributed by atoms with Gasteiger partial charge in [0.2, 0.25) is 6.79 Å². The molecule has 0 heterocycles. The smallest absolute Gasteiger partial charge is 0.346 e. The van der Waals surface area contributed by atoms with E-state index in [-0.39, 0.29) is 21.4 Å². The lowest BCUT2D eigenvalue weighted by Gasteiger charge is -2.11. The van der Waals surface area contributed by atoms with Crippen LogP contribution in [-0.4, -0.2) is 25.8 Å². The van der Waals surface area contributed by atoms with Crippen LogP contribution in [0.4, 0.5) is 0 Å². The Hall–Kier alpha value is -2.24. The third-order valence-corrected chi connectivity index (χ3v) is 3.47. The Morgan fingerprint density at radius 2 is 1.52 bits per heavy atom. The van der Waals surface area contributed by atoms with Gasteiger partial charge < -0.3 is 14.2 Å². The summed E-state index contributed by atoms with van der Waals surface area (Å²) < 4.78 is 14.8. The molecule has 0 aliphatic heterocycles. The largest absolute Gasteiger partial charge is 0.494 e. The van der Waals surface area contributed by atoms with Crippen molar-refractivity contribution >= 4 is 35.1 Å². The number of benzene rings is 2. The van der Waals surface area contributed by atoms with E-state index in [0.29, 0.717) is 5.56 Å². The zero-order chi connectivity index (χ0) is 16.8. The highest BCUT2D eigenvalue weighted by atomic mass is 35.5. The minimum atomic E-state index is -0.810. The molecule has 0 bridgehead atoms. The molecule has 2 aromatic carbocycles. The molecule has 0 aliphatic rings. The summed E-state index contributed by atoms with van der Waals surface area (Å²) in [6, 6.07) is 11.3. The number of esters is 2. The van der Waals surface area contributed by atoms with E-state index in [4.69, 9.17) is 37.4 Å². The molecule has 0 aromatic heterocycles. The van der Waals surface area contributed by atoms with Gasteiger partial charge >= 0.3 is 11.9 Å². The van der Waals surface area contributed by atoms with Crippen molar-refractivity contribution in [3.05, 3.63) is 63.6 Å². The number of carbonyl (C=O) groups is 2. The fraction of sp³-hybridized carbons (Fsp3) is 0.125. The van der Waals surface area contributed by atoms with Gasteiger partial charge in [0, 0.05) is 0 Å². The topological polar surface area (TPSA) is 61.8 Å². The van der Waals surface area contributed by atoms with E-state index in [2.05, 4.69) is 0 Å². The second-order valence-corrected chi connectivity index (χ2v) is 5.10. The van der Waals surface area contributed by atoms with E-state index >= 15 is 0 Å². The first-order valence-corrected chi connectivity index (χ1v) is 7.21. The average molecular weight is 355 g/mol. The van der Waals surface area contributed by atoms with Crippen LogP contribution >= 0.6 is 23.2 Å². The maximum atomic E-state index is 12.1. The Morgan fingerprint density at radius 3 is 2.17 bits per heavy atom. The lowest BCUT2D eigenvalue weighted by Crippen LogP contribution is -2.14. The SMILES string of the molecule is COc1c(Cl)ccc(Cl)c1C(=O)OCOC(=O)c1ccccc1. The molecule has 0 spiro atoms. The van der Waals surface area contributed by atoms with Crippen LogP contribution in [0, 0.1) is 0 Å². The van der Waals surface area contributed by atoms with Gasteiger partial charge in [-0.25, -0.2) is 9.59 Å². The van der Waals surface area contributed by atoms with Gasteiger partial charge in [0.1, 0.15) is 5.56 Å². The van der Waals surface area contributed by atoms with E-state index in [9.17, 15) is 9.59 Å². The molecule has 0 saturated carbocycles. The van der Waals surface area contributed by atoms with Gasteiger partial charge in [-0.05, 0) is 24.3 Å². The third kappa shape index (κ3) is 4.15. The Labute approximate surface area is 142 Å². The van der Waals surface area contributed by atoms with Crippen molar-refractivity contribution in [1.82, 2.24) is 0 Å². The second-order valence-electron chi connectivity index (χ2n) is 4.28. The number of halogens is 2. The van der Waals surface area contributed by atoms with Gasteiger partial charge in [0.15, 0.2) is 5.75 Å². The second kappa shape index (κ2) is 7.85. The molecule has 2 aromatic rings. The summed E-state index contributed by atoms with van der Waals surface area (Å²) in [6.45, 7) is -0.557. The standard InChI is InChI=1S/C16H12Cl2O5/c1-21-14-12(18)8-7-11(17)13(14)16(20)23-9-22-15(19)10-5-3-2-4-6-10/h2-8H,9H2,1H3. The van der Waals surface area contributed by atoms with Crippen molar-refractivity contribution in [2.75, 3.05) is 13.9 Å². The summed E-state index contributed by atoms with van der Waals surface area (Å²) in [6.07, 6.45) is 0. The Morgan fingerprint density at radius 1 is 0.913 bits per heavy atom. The highest BCUT2D eigenvalue weighted by Crippen LogP contribution is 2.34. The van der Waals surface area contributed by atoms with Crippen molar-refractivity contribution < 1.29 is 23.8 Å². The van der Waals surface area contributed by atoms with Crippen LogP contribution in [0.2, 0.25) is 10.0 Å². The molecular weight excluding hydrogens is 343 g/mol. The number of rotatable bonds is 5. The summed E-state index contributed by atoms with van der Waals surface area (Å²) in [4.78, 5) is 23.8. The zero-order valence-electron chi connectivity index (χ0n) is 12.0. The molecule has 7 heteroatoms. The first-order valence-electron chi connectivity index (χ1n) is 6.46. The highest BCUT2D eigenvalue weighted by Gasteiger charge is 2.21. The zero-order valence-corrected chi connectivity index (χ0v) is 13.6. The summed E-state index contributed by atoms with van der Waals surface area (Å²) in [7, 11) is 1.35. The van der Waals surface area contributed by atoms with Crippen LogP contribution in [0.1, 0.15) is 20.7 Å². The molecule has 0 radical (unpaired) electrons. The van der Waals surface area contributed by atoms with E-state index in [1.54, 1.807) is 30.3 Å². The molecule has 120 valence electrons. The first-order chi connectivity index (χ1) is 11.0. The van der Waals surface area contributed by atoms with Crippen LogP contribution < -0.4 is 4.74 Å². The predicted octanol–water partition coefficient (Wildman–Crippen LogP) is 3.97. The van der Waals surface area contributed by atoms with Gasteiger partial charge in [-0.15, -0.1) is 0 Å². The maximum Gasteiger partial charge on any atom is 0.346 e. The third-order valence-electron chi connectivity index (χ3n) is 2.86. The Kier molecular flexibility index (Phi) is 5.84. The molecule has 0 amide bonds. The van der Waals surface area contributed by atoms with Crippen molar-refractivity contribution in [3.8, 4) is 5.75 Å². The molecule has 2 rings (SSSR count). The van der Waals surface area contributed by atoms with Crippen molar-refractivity contribution in [2.24, 2.45) is 0 Å². The Bertz CT molecular complexity index is 716. The molecule has 0 fully saturated rings. The molecule has 0 N–H and O–H groups in total. The molecule has 23 heavy (non-hydrogen) atoms. The van der Waals surface area contributed by atoms with E-state index in [1.807, 2.05) is 0 Å². The number of hydrogen-bond donors (Lipinski definition) is 0. The molecular formula is C16H12Cl2O5. The number of ether oxygens (including phenoxy) is 3. The summed E-state index contributed by atoms with van der Waals surface area (Å²) >= 11 is 11.9. The Balaban J connectivity index is 2.01. The van der Waals surface area contributed by atoms with Crippen LogP contribution in [0.15, 0.2) is 42.5 Å². The minimum Gasteiger partial charge on any atom is -0.494 e. The molecule has 0 unspecified atom stereocenters. The normalized spacial score (nSPS) is 10.0. The van der Waals surface area contributed by atoms with E-state index < -0.39 is 18.7 Å². The van der Waals surface area contributed by atoms with Crippen molar-refractivity contribution in [1.29, 1.82) is 0 Å². The van der Waals surface area contributed by atoms with Gasteiger partial charge in [-0.2, -0.15) is 0 Å². The van der Waals surface area contributed by atoms with Crippen molar-refractivity contribution in [3.63, 3.8) is 0 Å². The van der Waals surface area contributed by atoms with Gasteiger partial charge in [0.25, 0.3) is 0 Å². The monoisotopic (exact) mass is 354 g/mol. The minimum absolute atomic E-state index is 0.0302. The molecule has 0 aliphatic carbocycles. The number of hydrogen-bond acceptors (Lipinski definition) is 5. The van der Waals surface area contributed by atoms with Crippen LogP contribution in [0.25, 0.3) is 0 Å². The van der Waals surface area contributed by atoms with Crippen LogP contribution in [-0.2, 0) is 9.47 Å². The summed E-state index contributed by atoms with van der Waals surface area (Å²) in [5, 5.41) is 0.329. The van der Waals surface area contributed by atoms with Gasteiger partial charge in [0.05, 0.1) is 22.7 Å². The molecule has 0 atom stereocenters. The number of carbonyl (C=O) groups excluding carboxylic acids is 2. The fourth-order valence-corrected chi connectivity index (χ4v) is 2.25.